The number of rotatable bonds is 13. The summed E-state index contributed by atoms with van der Waals surface area (Å²) in [6.45, 7) is 8.57. The van der Waals surface area contributed by atoms with E-state index < -0.39 is 5.97 Å². The van der Waals surface area contributed by atoms with E-state index in [2.05, 4.69) is 61.3 Å². The molecule has 1 amide bonds. The smallest absolute Gasteiger partial charge is 0.303 e. The van der Waals surface area contributed by atoms with Gasteiger partial charge in [0.15, 0.2) is 0 Å². The van der Waals surface area contributed by atoms with Gasteiger partial charge in [0.05, 0.1) is 17.9 Å². The van der Waals surface area contributed by atoms with E-state index in [9.17, 15) is 9.59 Å². The summed E-state index contributed by atoms with van der Waals surface area (Å²) in [5.74, 6) is -0.100. The first kappa shape index (κ1) is 27.0. The highest BCUT2D eigenvalue weighted by Crippen LogP contribution is 2.23. The second-order valence-corrected chi connectivity index (χ2v) is 9.42. The first-order valence-electron chi connectivity index (χ1n) is 12.6. The standard InChI is InChI=1S/C30H36N2O4/c1-4-32(26-17-13-23(14-18-26)20-22(2)3)21-24-11-15-25(16-12-24)31-30(35)27-8-5-6-9-28(27)36-19-7-10-29(33)34/h5-6,8-9,11,13-15,17,22,26H,4,7,10,18-21H2,1-3H3,(H,31,35)(H,33,34). The summed E-state index contributed by atoms with van der Waals surface area (Å²) in [5.41, 5.74) is 3.36. The molecule has 0 fully saturated rings. The molecule has 1 unspecified atom stereocenters. The monoisotopic (exact) mass is 488 g/mol. The SMILES string of the molecule is CCN(Cc1c#cc(NC(=O)c2ccccc2OCCCC(=O)O)cc1)C1C=CC(CC(C)C)=CC1. The Morgan fingerprint density at radius 2 is 2.00 bits per heavy atom. The minimum absolute atomic E-state index is 0.0217. The van der Waals surface area contributed by atoms with Gasteiger partial charge in [-0.15, -0.1) is 0 Å². The van der Waals surface area contributed by atoms with Crippen LogP contribution in [0.1, 0.15) is 62.4 Å². The molecule has 0 heterocycles. The molecule has 2 N–H and O–H groups in total. The Kier molecular flexibility index (Phi) is 10.1. The van der Waals surface area contributed by atoms with E-state index in [4.69, 9.17) is 9.84 Å². The number of benzene rings is 1. The molecule has 0 bridgehead atoms. The number of hydrogen-bond donors (Lipinski definition) is 2. The third kappa shape index (κ3) is 8.28. The van der Waals surface area contributed by atoms with Crippen molar-refractivity contribution in [2.24, 2.45) is 5.92 Å². The highest BCUT2D eigenvalue weighted by molar-refractivity contribution is 6.06. The Morgan fingerprint density at radius 3 is 2.64 bits per heavy atom. The van der Waals surface area contributed by atoms with Crippen molar-refractivity contribution in [3.8, 4) is 5.75 Å². The van der Waals surface area contributed by atoms with Gasteiger partial charge in [-0.3, -0.25) is 14.5 Å². The maximum atomic E-state index is 12.8. The van der Waals surface area contributed by atoms with Crippen LogP contribution in [0.4, 0.5) is 5.69 Å². The lowest BCUT2D eigenvalue weighted by atomic mass is 9.95. The number of amides is 1. The second-order valence-electron chi connectivity index (χ2n) is 9.42. The molecule has 0 spiro atoms. The third-order valence-electron chi connectivity index (χ3n) is 6.03. The summed E-state index contributed by atoms with van der Waals surface area (Å²) >= 11 is 0. The molecule has 0 radical (unpaired) electrons. The first-order chi connectivity index (χ1) is 17.4. The lowest BCUT2D eigenvalue weighted by Gasteiger charge is -2.29. The quantitative estimate of drug-likeness (QED) is 0.343. The number of hydrogen-bond acceptors (Lipinski definition) is 4. The number of ether oxygens (including phenoxy) is 1. The van der Waals surface area contributed by atoms with Crippen LogP contribution in [0.15, 0.2) is 60.2 Å². The van der Waals surface area contributed by atoms with Crippen molar-refractivity contribution >= 4 is 17.6 Å². The molecular formula is C30H36N2O4. The fraction of sp³-hybridized carbons (Fsp3) is 0.400. The number of nitrogens with zero attached hydrogens (tertiary/aromatic N) is 1. The van der Waals surface area contributed by atoms with Crippen molar-refractivity contribution < 1.29 is 19.4 Å². The second kappa shape index (κ2) is 13.5. The van der Waals surface area contributed by atoms with Crippen molar-refractivity contribution in [3.63, 3.8) is 0 Å². The van der Waals surface area contributed by atoms with Crippen molar-refractivity contribution in [1.82, 2.24) is 4.90 Å². The van der Waals surface area contributed by atoms with Crippen LogP contribution >= 0.6 is 0 Å². The maximum absolute atomic E-state index is 12.8. The molecule has 36 heavy (non-hydrogen) atoms. The predicted molar refractivity (Wildman–Crippen MR) is 142 cm³/mol. The minimum atomic E-state index is -0.871. The number of anilines is 1. The van der Waals surface area contributed by atoms with E-state index in [0.717, 1.165) is 31.5 Å². The van der Waals surface area contributed by atoms with Crippen LogP contribution in [0.5, 0.6) is 5.75 Å². The van der Waals surface area contributed by atoms with Gasteiger partial charge in [0.1, 0.15) is 5.75 Å². The first-order valence-corrected chi connectivity index (χ1v) is 12.6. The Morgan fingerprint density at radius 1 is 1.19 bits per heavy atom. The zero-order chi connectivity index (χ0) is 25.9. The molecule has 0 aliphatic heterocycles. The van der Waals surface area contributed by atoms with Crippen LogP contribution in [0.3, 0.4) is 0 Å². The van der Waals surface area contributed by atoms with Crippen molar-refractivity contribution in [1.29, 1.82) is 0 Å². The average Bonchev–Trinajstić information content (AvgIpc) is 2.86. The van der Waals surface area contributed by atoms with E-state index in [1.165, 1.54) is 5.57 Å². The maximum Gasteiger partial charge on any atom is 0.303 e. The van der Waals surface area contributed by atoms with Crippen molar-refractivity contribution in [2.45, 2.75) is 59.0 Å². The number of carbonyl (C=O) groups excluding carboxylic acids is 1. The van der Waals surface area contributed by atoms with E-state index in [0.29, 0.717) is 35.4 Å². The molecule has 0 saturated heterocycles. The Labute approximate surface area is 214 Å². The fourth-order valence-corrected chi connectivity index (χ4v) is 4.18. The lowest BCUT2D eigenvalue weighted by molar-refractivity contribution is -0.137. The molecule has 2 aromatic rings. The summed E-state index contributed by atoms with van der Waals surface area (Å²) in [6.07, 6.45) is 9.45. The van der Waals surface area contributed by atoms with Crippen LogP contribution in [0.2, 0.25) is 0 Å². The lowest BCUT2D eigenvalue weighted by Crippen LogP contribution is -2.33. The van der Waals surface area contributed by atoms with Gasteiger partial charge in [-0.05, 0) is 62.1 Å². The Bertz CT molecular complexity index is 1070. The van der Waals surface area contributed by atoms with Crippen LogP contribution < -0.4 is 10.1 Å². The number of carbonyl (C=O) groups is 2. The van der Waals surface area contributed by atoms with E-state index >= 15 is 0 Å². The van der Waals surface area contributed by atoms with Gasteiger partial charge in [-0.25, -0.2) is 0 Å². The number of likely N-dealkylation sites (N-methyl/N-ethyl adjacent to an activating group) is 1. The van der Waals surface area contributed by atoms with Crippen molar-refractivity contribution in [3.05, 3.63) is 83.5 Å². The molecule has 6 heteroatoms. The zero-order valence-electron chi connectivity index (χ0n) is 21.4. The number of allylic oxidation sites excluding steroid dienone is 2. The fourth-order valence-electron chi connectivity index (χ4n) is 4.18. The summed E-state index contributed by atoms with van der Waals surface area (Å²) in [6, 6.07) is 17.3. The van der Waals surface area contributed by atoms with Crippen molar-refractivity contribution in [2.75, 3.05) is 18.5 Å². The minimum Gasteiger partial charge on any atom is -0.493 e. The molecular weight excluding hydrogens is 452 g/mol. The highest BCUT2D eigenvalue weighted by atomic mass is 16.5. The van der Waals surface area contributed by atoms with Crippen LogP contribution in [-0.2, 0) is 11.3 Å². The van der Waals surface area contributed by atoms with Gasteiger partial charge < -0.3 is 15.2 Å². The molecule has 6 nitrogen and oxygen atoms in total. The molecule has 1 atom stereocenters. The van der Waals surface area contributed by atoms with Crippen LogP contribution in [-0.4, -0.2) is 41.1 Å². The number of carboxylic acid groups (broad SMARTS) is 1. The van der Waals surface area contributed by atoms with Gasteiger partial charge in [0, 0.05) is 24.6 Å². The van der Waals surface area contributed by atoms with E-state index in [1.807, 2.05) is 12.1 Å². The normalized spacial score (nSPS) is 14.9. The topological polar surface area (TPSA) is 78.9 Å². The summed E-state index contributed by atoms with van der Waals surface area (Å²) in [5, 5.41) is 11.6. The summed E-state index contributed by atoms with van der Waals surface area (Å²) < 4.78 is 5.65. The van der Waals surface area contributed by atoms with E-state index in [1.54, 1.807) is 24.3 Å². The van der Waals surface area contributed by atoms with Gasteiger partial charge in [0.25, 0.3) is 5.91 Å². The zero-order valence-corrected chi connectivity index (χ0v) is 21.4. The molecule has 0 saturated carbocycles. The number of para-hydroxylation sites is 1. The molecule has 1 aliphatic carbocycles. The van der Waals surface area contributed by atoms with Gasteiger partial charge in [0.2, 0.25) is 0 Å². The van der Waals surface area contributed by atoms with E-state index in [-0.39, 0.29) is 18.9 Å². The molecule has 190 valence electrons. The Balaban J connectivity index is 1.56. The molecule has 2 aromatic carbocycles. The van der Waals surface area contributed by atoms with Crippen LogP contribution in [0.25, 0.3) is 0 Å². The van der Waals surface area contributed by atoms with Crippen LogP contribution in [0, 0.1) is 18.1 Å². The summed E-state index contributed by atoms with van der Waals surface area (Å²) in [7, 11) is 0. The third-order valence-corrected chi connectivity index (χ3v) is 6.03. The molecule has 1 aliphatic rings. The summed E-state index contributed by atoms with van der Waals surface area (Å²) in [4.78, 5) is 25.9. The molecule has 0 aromatic heterocycles. The van der Waals surface area contributed by atoms with Gasteiger partial charge in [-0.2, -0.15) is 0 Å². The number of aliphatic carboxylic acids is 1. The Hall–Kier alpha value is -3.56. The van der Waals surface area contributed by atoms with Gasteiger partial charge in [-0.1, -0.05) is 62.8 Å². The predicted octanol–water partition coefficient (Wildman–Crippen LogP) is 5.91. The van der Waals surface area contributed by atoms with Gasteiger partial charge >= 0.3 is 5.97 Å². The highest BCUT2D eigenvalue weighted by Gasteiger charge is 2.17. The largest absolute Gasteiger partial charge is 0.493 e. The average molecular weight is 489 g/mol. The number of carboxylic acids is 1. The number of nitrogens with one attached hydrogen (secondary N) is 1. The molecule has 3 rings (SSSR count).